The Morgan fingerprint density at radius 3 is 2.40 bits per heavy atom. The maximum Gasteiger partial charge on any atom is 0.189 e. The zero-order valence-corrected chi connectivity index (χ0v) is 17.7. The fraction of sp³-hybridized carbons (Fsp3) is 0.261. The van der Waals surface area contributed by atoms with Crippen molar-refractivity contribution in [1.82, 2.24) is 19.9 Å². The Labute approximate surface area is 179 Å². The normalized spacial score (nSPS) is 14.8. The van der Waals surface area contributed by atoms with Gasteiger partial charge in [-0.2, -0.15) is 0 Å². The minimum Gasteiger partial charge on any atom is -0.379 e. The van der Waals surface area contributed by atoms with Crippen molar-refractivity contribution < 1.29 is 4.74 Å². The van der Waals surface area contributed by atoms with E-state index in [2.05, 4.69) is 39.5 Å². The second-order valence-corrected chi connectivity index (χ2v) is 8.40. The van der Waals surface area contributed by atoms with E-state index in [0.717, 1.165) is 71.8 Å². The van der Waals surface area contributed by atoms with Gasteiger partial charge in [0.15, 0.2) is 10.9 Å². The summed E-state index contributed by atoms with van der Waals surface area (Å²) in [5.74, 6) is 0.750. The maximum atomic E-state index is 5.50. The molecule has 1 saturated heterocycles. The molecule has 1 N–H and O–H groups in total. The fourth-order valence-electron chi connectivity index (χ4n) is 3.60. The predicted octanol–water partition coefficient (Wildman–Crippen LogP) is 4.64. The van der Waals surface area contributed by atoms with Crippen molar-refractivity contribution in [2.75, 3.05) is 31.6 Å². The van der Waals surface area contributed by atoms with Crippen molar-refractivity contribution >= 4 is 33.3 Å². The van der Waals surface area contributed by atoms with Crippen LogP contribution in [0.3, 0.4) is 0 Å². The topological polar surface area (TPSA) is 63.2 Å². The van der Waals surface area contributed by atoms with Crippen LogP contribution in [-0.4, -0.2) is 46.2 Å². The van der Waals surface area contributed by atoms with E-state index in [1.54, 1.807) is 11.3 Å². The van der Waals surface area contributed by atoms with Crippen molar-refractivity contribution in [3.63, 3.8) is 0 Å². The third-order valence-corrected chi connectivity index (χ3v) is 6.14. The van der Waals surface area contributed by atoms with Gasteiger partial charge in [0, 0.05) is 30.1 Å². The number of nitrogens with one attached hydrogen (secondary N) is 1. The molecule has 0 atom stereocenters. The minimum atomic E-state index is 0.750. The molecule has 4 aromatic rings. The number of hydrogen-bond acceptors (Lipinski definition) is 7. The number of nitrogens with zero attached hydrogens (tertiary/aromatic N) is 4. The Kier molecular flexibility index (Phi) is 5.40. The average Bonchev–Trinajstić information content (AvgIpc) is 3.17. The van der Waals surface area contributed by atoms with E-state index in [0.29, 0.717) is 0 Å². The zero-order valence-electron chi connectivity index (χ0n) is 16.8. The zero-order chi connectivity index (χ0) is 20.3. The van der Waals surface area contributed by atoms with Gasteiger partial charge < -0.3 is 10.1 Å². The molecule has 0 radical (unpaired) electrons. The number of benzene rings is 2. The van der Waals surface area contributed by atoms with E-state index in [1.165, 1.54) is 4.88 Å². The van der Waals surface area contributed by atoms with Gasteiger partial charge in [-0.3, -0.25) is 4.90 Å². The highest BCUT2D eigenvalue weighted by atomic mass is 32.1. The van der Waals surface area contributed by atoms with Gasteiger partial charge >= 0.3 is 0 Å². The molecule has 152 valence electrons. The lowest BCUT2D eigenvalue weighted by Crippen LogP contribution is -2.35. The summed E-state index contributed by atoms with van der Waals surface area (Å²) < 4.78 is 5.50. The fourth-order valence-corrected chi connectivity index (χ4v) is 4.63. The Balaban J connectivity index is 1.48. The molecule has 0 amide bonds. The summed E-state index contributed by atoms with van der Waals surface area (Å²) >= 11 is 1.68. The van der Waals surface area contributed by atoms with Crippen molar-refractivity contribution in [2.45, 2.75) is 13.5 Å². The van der Waals surface area contributed by atoms with Gasteiger partial charge in [0.2, 0.25) is 0 Å². The van der Waals surface area contributed by atoms with Gasteiger partial charge in [-0.1, -0.05) is 53.8 Å². The SMILES string of the molecule is Cc1nc2ccccc2nc1Nc1nc(-c2ccccc2)c(CN2CCOCC2)s1. The van der Waals surface area contributed by atoms with Crippen LogP contribution in [0, 0.1) is 6.92 Å². The Hall–Kier alpha value is -2.87. The van der Waals surface area contributed by atoms with Crippen LogP contribution in [-0.2, 0) is 11.3 Å². The first-order valence-corrected chi connectivity index (χ1v) is 10.9. The molecular weight excluding hydrogens is 394 g/mol. The first kappa shape index (κ1) is 19.1. The number of fused-ring (bicyclic) bond motifs is 1. The monoisotopic (exact) mass is 417 g/mol. The molecule has 7 heteroatoms. The Morgan fingerprint density at radius 1 is 0.933 bits per heavy atom. The van der Waals surface area contributed by atoms with Crippen LogP contribution >= 0.6 is 11.3 Å². The van der Waals surface area contributed by atoms with Crippen molar-refractivity contribution in [2.24, 2.45) is 0 Å². The number of hydrogen-bond donors (Lipinski definition) is 1. The third-order valence-electron chi connectivity index (χ3n) is 5.19. The number of ether oxygens (including phenoxy) is 1. The summed E-state index contributed by atoms with van der Waals surface area (Å²) in [4.78, 5) is 18.1. The number of anilines is 2. The Morgan fingerprint density at radius 2 is 1.63 bits per heavy atom. The number of morpholine rings is 1. The summed E-state index contributed by atoms with van der Waals surface area (Å²) in [5, 5.41) is 4.26. The van der Waals surface area contributed by atoms with Crippen molar-refractivity contribution in [3.8, 4) is 11.3 Å². The van der Waals surface area contributed by atoms with Crippen LogP contribution in [0.15, 0.2) is 54.6 Å². The first-order valence-electron chi connectivity index (χ1n) is 10.1. The molecule has 30 heavy (non-hydrogen) atoms. The lowest BCUT2D eigenvalue weighted by Gasteiger charge is -2.26. The van der Waals surface area contributed by atoms with Crippen LogP contribution in [0.2, 0.25) is 0 Å². The van der Waals surface area contributed by atoms with Gasteiger partial charge in [0.1, 0.15) is 0 Å². The summed E-state index contributed by atoms with van der Waals surface area (Å²) in [5.41, 5.74) is 4.80. The number of aromatic nitrogens is 3. The summed E-state index contributed by atoms with van der Waals surface area (Å²) in [6, 6.07) is 18.3. The summed E-state index contributed by atoms with van der Waals surface area (Å²) in [7, 11) is 0. The molecule has 2 aromatic carbocycles. The number of rotatable bonds is 5. The van der Waals surface area contributed by atoms with E-state index >= 15 is 0 Å². The molecule has 1 aliphatic rings. The van der Waals surface area contributed by atoms with E-state index in [1.807, 2.05) is 37.3 Å². The number of para-hydroxylation sites is 2. The van der Waals surface area contributed by atoms with E-state index in [4.69, 9.17) is 14.7 Å². The molecule has 6 nitrogen and oxygen atoms in total. The molecule has 5 rings (SSSR count). The smallest absolute Gasteiger partial charge is 0.189 e. The average molecular weight is 418 g/mol. The van der Waals surface area contributed by atoms with Crippen LogP contribution in [0.5, 0.6) is 0 Å². The predicted molar refractivity (Wildman–Crippen MR) is 121 cm³/mol. The van der Waals surface area contributed by atoms with Crippen LogP contribution in [0.4, 0.5) is 10.9 Å². The second-order valence-electron chi connectivity index (χ2n) is 7.32. The Bertz CT molecular complexity index is 1150. The lowest BCUT2D eigenvalue weighted by molar-refractivity contribution is 0.0347. The summed E-state index contributed by atoms with van der Waals surface area (Å²) in [6.07, 6.45) is 0. The van der Waals surface area contributed by atoms with Crippen LogP contribution in [0.1, 0.15) is 10.6 Å². The highest BCUT2D eigenvalue weighted by Gasteiger charge is 2.19. The molecule has 0 spiro atoms. The molecule has 1 fully saturated rings. The van der Waals surface area contributed by atoms with Crippen LogP contribution < -0.4 is 5.32 Å². The van der Waals surface area contributed by atoms with Gasteiger partial charge in [-0.05, 0) is 19.1 Å². The second kappa shape index (κ2) is 8.47. The highest BCUT2D eigenvalue weighted by molar-refractivity contribution is 7.16. The molecule has 1 aliphatic heterocycles. The molecular formula is C23H23N5OS. The number of aryl methyl sites for hydroxylation is 1. The molecule has 3 heterocycles. The molecule has 0 bridgehead atoms. The van der Waals surface area contributed by atoms with Gasteiger partial charge in [-0.15, -0.1) is 0 Å². The quantitative estimate of drug-likeness (QED) is 0.510. The molecule has 2 aromatic heterocycles. The van der Waals surface area contributed by atoms with Gasteiger partial charge in [0.05, 0.1) is 35.6 Å². The molecule has 0 aliphatic carbocycles. The highest BCUT2D eigenvalue weighted by Crippen LogP contribution is 2.34. The third kappa shape index (κ3) is 4.05. The van der Waals surface area contributed by atoms with Crippen molar-refractivity contribution in [1.29, 1.82) is 0 Å². The molecule has 0 saturated carbocycles. The largest absolute Gasteiger partial charge is 0.379 e. The summed E-state index contributed by atoms with van der Waals surface area (Å²) in [6.45, 7) is 6.32. The van der Waals surface area contributed by atoms with Crippen molar-refractivity contribution in [3.05, 3.63) is 65.2 Å². The minimum absolute atomic E-state index is 0.750. The van der Waals surface area contributed by atoms with E-state index in [9.17, 15) is 0 Å². The standard InChI is InChI=1S/C23H23N5OS/c1-16-22(25-19-10-6-5-9-18(19)24-16)27-23-26-21(17-7-3-2-4-8-17)20(30-23)15-28-11-13-29-14-12-28/h2-10H,11-15H2,1H3,(H,25,26,27). The maximum absolute atomic E-state index is 5.50. The van der Waals surface area contributed by atoms with Gasteiger partial charge in [0.25, 0.3) is 0 Å². The molecule has 0 unspecified atom stereocenters. The van der Waals surface area contributed by atoms with Crippen LogP contribution in [0.25, 0.3) is 22.3 Å². The van der Waals surface area contributed by atoms with E-state index < -0.39 is 0 Å². The first-order chi connectivity index (χ1) is 14.8. The lowest BCUT2D eigenvalue weighted by atomic mass is 10.1. The van der Waals surface area contributed by atoms with E-state index in [-0.39, 0.29) is 0 Å². The number of thiazole rings is 1. The van der Waals surface area contributed by atoms with Gasteiger partial charge in [-0.25, -0.2) is 15.0 Å².